The number of para-hydroxylation sites is 1. The Kier molecular flexibility index (Phi) is 3.62. The van der Waals surface area contributed by atoms with E-state index in [9.17, 15) is 4.79 Å². The molecule has 0 aliphatic carbocycles. The van der Waals surface area contributed by atoms with Gasteiger partial charge in [0.25, 0.3) is 5.91 Å². The van der Waals surface area contributed by atoms with Gasteiger partial charge in [0.15, 0.2) is 0 Å². The van der Waals surface area contributed by atoms with Crippen molar-refractivity contribution in [1.82, 2.24) is 0 Å². The monoisotopic (exact) mass is 411 g/mol. The Bertz CT molecular complexity index is 1290. The summed E-state index contributed by atoms with van der Waals surface area (Å²) in [4.78, 5) is 15.8. The Balaban J connectivity index is 1.51. The van der Waals surface area contributed by atoms with Crippen molar-refractivity contribution in [2.45, 2.75) is 12.2 Å². The number of nitrogens with zero attached hydrogens (tertiary/aromatic N) is 1. The molecular weight excluding hydrogens is 394 g/mol. The van der Waals surface area contributed by atoms with Gasteiger partial charge in [0.2, 0.25) is 5.66 Å². The quantitative estimate of drug-likeness (QED) is 0.442. The molecule has 2 N–H and O–H groups in total. The van der Waals surface area contributed by atoms with Crippen LogP contribution < -0.4 is 15.5 Å². The van der Waals surface area contributed by atoms with Crippen molar-refractivity contribution in [2.24, 2.45) is 0 Å². The van der Waals surface area contributed by atoms with Gasteiger partial charge in [-0.1, -0.05) is 72.3 Å². The molecule has 0 saturated carbocycles. The van der Waals surface area contributed by atoms with Crippen molar-refractivity contribution >= 4 is 45.3 Å². The lowest BCUT2D eigenvalue weighted by molar-refractivity contribution is -0.121. The maximum atomic E-state index is 13.9. The van der Waals surface area contributed by atoms with E-state index in [2.05, 4.69) is 22.8 Å². The summed E-state index contributed by atoms with van der Waals surface area (Å²) >= 11 is 6.41. The van der Waals surface area contributed by atoms with E-state index in [-0.39, 0.29) is 5.91 Å². The SMILES string of the molecule is O=C1N(Cc2ccccc2Cl)c2ccccc2C12Nc1cccc3cccc(c13)N2. The van der Waals surface area contributed by atoms with Crippen LogP contribution in [0.25, 0.3) is 10.8 Å². The summed E-state index contributed by atoms with van der Waals surface area (Å²) in [5.41, 5.74) is 3.55. The van der Waals surface area contributed by atoms with E-state index in [1.807, 2.05) is 77.7 Å². The lowest BCUT2D eigenvalue weighted by Crippen LogP contribution is -2.53. The zero-order chi connectivity index (χ0) is 20.3. The second kappa shape index (κ2) is 6.25. The standard InChI is InChI=1S/C25H18ClN3O/c26-19-11-3-1-7-17(19)15-29-22-14-4-2-10-18(22)25(24(29)30)27-20-12-5-8-16-9-6-13-21(28-25)23(16)20/h1-14,27-28H,15H2. The number of amides is 1. The van der Waals surface area contributed by atoms with E-state index in [1.54, 1.807) is 0 Å². The molecule has 5 heteroatoms. The number of halogens is 1. The summed E-state index contributed by atoms with van der Waals surface area (Å²) in [5, 5.41) is 9.96. The molecule has 0 atom stereocenters. The van der Waals surface area contributed by atoms with Gasteiger partial charge in [0, 0.05) is 27.3 Å². The highest BCUT2D eigenvalue weighted by Gasteiger charge is 2.53. The Morgan fingerprint density at radius 3 is 2.20 bits per heavy atom. The van der Waals surface area contributed by atoms with Gasteiger partial charge in [-0.25, -0.2) is 0 Å². The Hall–Kier alpha value is -3.50. The number of fused-ring (bicyclic) bond motifs is 2. The lowest BCUT2D eigenvalue weighted by Gasteiger charge is -2.37. The molecule has 0 bridgehead atoms. The fourth-order valence-corrected chi connectivity index (χ4v) is 4.83. The first-order valence-corrected chi connectivity index (χ1v) is 10.3. The molecule has 4 aromatic carbocycles. The van der Waals surface area contributed by atoms with Crippen molar-refractivity contribution in [1.29, 1.82) is 0 Å². The van der Waals surface area contributed by atoms with Crippen LogP contribution in [0.15, 0.2) is 84.9 Å². The van der Waals surface area contributed by atoms with Crippen molar-refractivity contribution < 1.29 is 4.79 Å². The molecular formula is C25H18ClN3O. The van der Waals surface area contributed by atoms with Gasteiger partial charge in [0.05, 0.1) is 12.2 Å². The zero-order valence-electron chi connectivity index (χ0n) is 16.0. The molecule has 1 spiro atoms. The van der Waals surface area contributed by atoms with E-state index in [1.165, 1.54) is 0 Å². The summed E-state index contributed by atoms with van der Waals surface area (Å²) in [7, 11) is 0. The fraction of sp³-hybridized carbons (Fsp3) is 0.0800. The van der Waals surface area contributed by atoms with Crippen LogP contribution >= 0.6 is 11.6 Å². The molecule has 0 unspecified atom stereocenters. The second-order valence-corrected chi connectivity index (χ2v) is 8.12. The molecule has 0 aromatic heterocycles. The average Bonchev–Trinajstić information content (AvgIpc) is 2.98. The predicted molar refractivity (Wildman–Crippen MR) is 122 cm³/mol. The lowest BCUT2D eigenvalue weighted by atomic mass is 9.94. The number of anilines is 3. The third-order valence-corrected chi connectivity index (χ3v) is 6.37. The van der Waals surface area contributed by atoms with Crippen molar-refractivity contribution in [3.05, 3.63) is 101 Å². The number of hydrogen-bond donors (Lipinski definition) is 2. The maximum absolute atomic E-state index is 13.9. The number of nitrogens with one attached hydrogen (secondary N) is 2. The smallest absolute Gasteiger partial charge is 0.278 e. The van der Waals surface area contributed by atoms with Gasteiger partial charge in [-0.2, -0.15) is 0 Å². The third-order valence-electron chi connectivity index (χ3n) is 6.00. The van der Waals surface area contributed by atoms with Crippen LogP contribution in [-0.2, 0) is 17.0 Å². The van der Waals surface area contributed by atoms with Crippen LogP contribution in [0.3, 0.4) is 0 Å². The zero-order valence-corrected chi connectivity index (χ0v) is 16.8. The Morgan fingerprint density at radius 2 is 1.47 bits per heavy atom. The molecule has 1 amide bonds. The summed E-state index contributed by atoms with van der Waals surface area (Å²) in [6, 6.07) is 27.8. The minimum atomic E-state index is -1.06. The van der Waals surface area contributed by atoms with Crippen LogP contribution in [-0.4, -0.2) is 5.91 Å². The molecule has 0 fully saturated rings. The average molecular weight is 412 g/mol. The van der Waals surface area contributed by atoms with Gasteiger partial charge >= 0.3 is 0 Å². The van der Waals surface area contributed by atoms with Crippen molar-refractivity contribution in [3.8, 4) is 0 Å². The molecule has 2 aliphatic rings. The van der Waals surface area contributed by atoms with Crippen molar-refractivity contribution in [3.63, 3.8) is 0 Å². The molecule has 2 heterocycles. The minimum absolute atomic E-state index is 0.0462. The van der Waals surface area contributed by atoms with Crippen LogP contribution in [0.2, 0.25) is 5.02 Å². The third kappa shape index (κ3) is 2.31. The first-order chi connectivity index (χ1) is 14.7. The van der Waals surface area contributed by atoms with Gasteiger partial charge in [-0.05, 0) is 35.2 Å². The van der Waals surface area contributed by atoms with E-state index < -0.39 is 5.66 Å². The molecule has 146 valence electrons. The van der Waals surface area contributed by atoms with Crippen LogP contribution in [0.5, 0.6) is 0 Å². The molecule has 0 radical (unpaired) electrons. The van der Waals surface area contributed by atoms with Gasteiger partial charge < -0.3 is 15.5 Å². The van der Waals surface area contributed by atoms with E-state index in [0.717, 1.165) is 39.0 Å². The number of carbonyl (C=O) groups excluding carboxylic acids is 1. The molecule has 30 heavy (non-hydrogen) atoms. The number of carbonyl (C=O) groups is 1. The van der Waals surface area contributed by atoms with Crippen LogP contribution in [0.1, 0.15) is 11.1 Å². The second-order valence-electron chi connectivity index (χ2n) is 7.71. The van der Waals surface area contributed by atoms with Gasteiger partial charge in [0.1, 0.15) is 0 Å². The van der Waals surface area contributed by atoms with Crippen LogP contribution in [0.4, 0.5) is 17.1 Å². The van der Waals surface area contributed by atoms with E-state index in [4.69, 9.17) is 11.6 Å². The molecule has 4 aromatic rings. The van der Waals surface area contributed by atoms with Crippen LogP contribution in [0, 0.1) is 0 Å². The first kappa shape index (κ1) is 17.4. The molecule has 2 aliphatic heterocycles. The number of hydrogen-bond acceptors (Lipinski definition) is 3. The Labute approximate surface area is 179 Å². The highest BCUT2D eigenvalue weighted by atomic mass is 35.5. The molecule has 6 rings (SSSR count). The van der Waals surface area contributed by atoms with E-state index in [0.29, 0.717) is 11.6 Å². The highest BCUT2D eigenvalue weighted by molar-refractivity contribution is 6.31. The predicted octanol–water partition coefficient (Wildman–Crippen LogP) is 5.73. The normalized spacial score (nSPS) is 15.8. The van der Waals surface area contributed by atoms with E-state index >= 15 is 0 Å². The summed E-state index contributed by atoms with van der Waals surface area (Å²) in [5.74, 6) is -0.0462. The highest BCUT2D eigenvalue weighted by Crippen LogP contribution is 2.48. The first-order valence-electron chi connectivity index (χ1n) is 9.90. The summed E-state index contributed by atoms with van der Waals surface area (Å²) in [6.07, 6.45) is 0. The fourth-order valence-electron chi connectivity index (χ4n) is 4.63. The summed E-state index contributed by atoms with van der Waals surface area (Å²) < 4.78 is 0. The van der Waals surface area contributed by atoms with Gasteiger partial charge in [-0.3, -0.25) is 4.79 Å². The number of rotatable bonds is 2. The molecule has 0 saturated heterocycles. The van der Waals surface area contributed by atoms with Gasteiger partial charge in [-0.15, -0.1) is 0 Å². The number of benzene rings is 4. The minimum Gasteiger partial charge on any atom is -0.351 e. The van der Waals surface area contributed by atoms with Crippen molar-refractivity contribution in [2.75, 3.05) is 15.5 Å². The Morgan fingerprint density at radius 1 is 0.800 bits per heavy atom. The maximum Gasteiger partial charge on any atom is 0.278 e. The summed E-state index contributed by atoms with van der Waals surface area (Å²) in [6.45, 7) is 0.409. The topological polar surface area (TPSA) is 44.4 Å². The molecule has 4 nitrogen and oxygen atoms in total. The largest absolute Gasteiger partial charge is 0.351 e.